The van der Waals surface area contributed by atoms with Crippen molar-refractivity contribution in [2.24, 2.45) is 11.8 Å². The number of anilines is 1. The van der Waals surface area contributed by atoms with Crippen LogP contribution in [0.3, 0.4) is 0 Å². The third-order valence-corrected chi connectivity index (χ3v) is 10.5. The molecule has 4 aliphatic heterocycles. The van der Waals surface area contributed by atoms with Crippen LogP contribution in [0.4, 0.5) is 5.69 Å². The molecule has 6 atom stereocenters. The number of nitrogens with zero attached hydrogens (tertiary/aromatic N) is 3. The van der Waals surface area contributed by atoms with Gasteiger partial charge in [-0.2, -0.15) is 0 Å². The van der Waals surface area contributed by atoms with Crippen LogP contribution in [0.1, 0.15) is 24.9 Å². The van der Waals surface area contributed by atoms with Crippen LogP contribution >= 0.6 is 11.8 Å². The third-order valence-electron chi connectivity index (χ3n) is 8.75. The summed E-state index contributed by atoms with van der Waals surface area (Å²) in [5.74, 6) is -1.17. The lowest BCUT2D eigenvalue weighted by Crippen LogP contribution is -2.54. The van der Waals surface area contributed by atoms with Gasteiger partial charge in [0.15, 0.2) is 0 Å². The first-order valence-corrected chi connectivity index (χ1v) is 15.1. The molecule has 1 unspecified atom stereocenters. The summed E-state index contributed by atoms with van der Waals surface area (Å²) < 4.78 is 4.36. The number of ether oxygens (including phenoxy) is 1. The Morgan fingerprint density at radius 3 is 2.44 bits per heavy atom. The van der Waals surface area contributed by atoms with Crippen LogP contribution in [0.5, 0.6) is 5.75 Å². The maximum Gasteiger partial charge on any atom is 0.251 e. The van der Waals surface area contributed by atoms with Crippen molar-refractivity contribution in [3.63, 3.8) is 0 Å². The molecule has 214 valence electrons. The van der Waals surface area contributed by atoms with Crippen molar-refractivity contribution in [3.8, 4) is 5.75 Å². The molecule has 4 aliphatic rings. The Labute approximate surface area is 244 Å². The molecule has 3 amide bonds. The Balaban J connectivity index is 1.49. The Kier molecular flexibility index (Phi) is 7.42. The third kappa shape index (κ3) is 4.37. The molecule has 2 saturated heterocycles. The van der Waals surface area contributed by atoms with Crippen molar-refractivity contribution >= 4 is 35.2 Å². The van der Waals surface area contributed by atoms with E-state index in [2.05, 4.69) is 6.08 Å². The Hall–Kier alpha value is -3.56. The normalized spacial score (nSPS) is 29.6. The largest absolute Gasteiger partial charge is 0.497 e. The van der Waals surface area contributed by atoms with E-state index in [1.807, 2.05) is 84.6 Å². The zero-order chi connectivity index (χ0) is 28.7. The van der Waals surface area contributed by atoms with Crippen LogP contribution in [-0.4, -0.2) is 82.0 Å². The summed E-state index contributed by atoms with van der Waals surface area (Å²) in [6.07, 6.45) is 8.85. The van der Waals surface area contributed by atoms with Crippen LogP contribution in [0, 0.1) is 11.8 Å². The number of carbonyl (C=O) groups is 3. The average Bonchev–Trinajstić information content (AvgIpc) is 3.31. The van der Waals surface area contributed by atoms with E-state index in [4.69, 9.17) is 4.74 Å². The molecule has 0 aliphatic carbocycles. The summed E-state index contributed by atoms with van der Waals surface area (Å²) in [4.78, 5) is 48.5. The summed E-state index contributed by atoms with van der Waals surface area (Å²) >= 11 is 1.55. The van der Waals surface area contributed by atoms with Crippen LogP contribution in [0.25, 0.3) is 0 Å². The van der Waals surface area contributed by atoms with Crippen molar-refractivity contribution in [2.45, 2.75) is 35.4 Å². The minimum atomic E-state index is -0.956. The molecular weight excluding hydrogens is 538 g/mol. The SMILES string of the molecule is CCCN1CC=C[C@@H]2S[C@]34C=CCN(c5ccc(OC)cc5)C(=O)C3N([C@H](CO)c3ccccc3)C(=O)[C@@H]4[C@@H]2C1=O. The van der Waals surface area contributed by atoms with Gasteiger partial charge in [-0.3, -0.25) is 14.4 Å². The molecular formula is C32H35N3O5S. The number of rotatable bonds is 7. The first-order valence-electron chi connectivity index (χ1n) is 14.2. The molecule has 0 bridgehead atoms. The molecule has 8 nitrogen and oxygen atoms in total. The fourth-order valence-electron chi connectivity index (χ4n) is 6.96. The van der Waals surface area contributed by atoms with Crippen molar-refractivity contribution in [1.29, 1.82) is 0 Å². The molecule has 2 aromatic carbocycles. The molecule has 0 saturated carbocycles. The summed E-state index contributed by atoms with van der Waals surface area (Å²) in [6, 6.07) is 15.0. The second-order valence-corrected chi connectivity index (χ2v) is 12.4. The van der Waals surface area contributed by atoms with Crippen molar-refractivity contribution in [1.82, 2.24) is 9.80 Å². The zero-order valence-electron chi connectivity index (χ0n) is 23.3. The number of amides is 3. The molecule has 6 rings (SSSR count). The van der Waals surface area contributed by atoms with Crippen LogP contribution in [0.15, 0.2) is 78.9 Å². The molecule has 1 spiro atoms. The highest BCUT2D eigenvalue weighted by molar-refractivity contribution is 8.02. The number of thioether (sulfide) groups is 1. The van der Waals surface area contributed by atoms with Crippen molar-refractivity contribution in [2.75, 3.05) is 38.3 Å². The minimum Gasteiger partial charge on any atom is -0.497 e. The number of likely N-dealkylation sites (tertiary alicyclic amines) is 1. The van der Waals surface area contributed by atoms with E-state index in [0.29, 0.717) is 31.1 Å². The van der Waals surface area contributed by atoms with Crippen LogP contribution in [-0.2, 0) is 14.4 Å². The lowest BCUT2D eigenvalue weighted by Gasteiger charge is -2.38. The van der Waals surface area contributed by atoms with Crippen molar-refractivity contribution < 1.29 is 24.2 Å². The first-order chi connectivity index (χ1) is 19.9. The topological polar surface area (TPSA) is 90.4 Å². The number of hydrogen-bond acceptors (Lipinski definition) is 6. The molecule has 2 fully saturated rings. The van der Waals surface area contributed by atoms with Gasteiger partial charge in [-0.15, -0.1) is 11.8 Å². The van der Waals surface area contributed by atoms with Gasteiger partial charge in [0.25, 0.3) is 5.91 Å². The lowest BCUT2D eigenvalue weighted by atomic mass is 9.78. The summed E-state index contributed by atoms with van der Waals surface area (Å²) in [5.41, 5.74) is 1.44. The predicted molar refractivity (Wildman–Crippen MR) is 158 cm³/mol. The summed E-state index contributed by atoms with van der Waals surface area (Å²) in [5, 5.41) is 10.5. The van der Waals surface area contributed by atoms with Gasteiger partial charge in [0, 0.05) is 30.6 Å². The fraction of sp³-hybridized carbons (Fsp3) is 0.406. The maximum absolute atomic E-state index is 14.7. The molecule has 9 heteroatoms. The van der Waals surface area contributed by atoms with Gasteiger partial charge >= 0.3 is 0 Å². The number of hydrogen-bond donors (Lipinski definition) is 1. The summed E-state index contributed by atoms with van der Waals surface area (Å²) in [7, 11) is 1.59. The van der Waals surface area contributed by atoms with E-state index in [1.54, 1.807) is 28.7 Å². The smallest absolute Gasteiger partial charge is 0.251 e. The van der Waals surface area contributed by atoms with Crippen LogP contribution in [0.2, 0.25) is 0 Å². The molecule has 4 heterocycles. The van der Waals surface area contributed by atoms with E-state index >= 15 is 0 Å². The number of benzene rings is 2. The zero-order valence-corrected chi connectivity index (χ0v) is 24.1. The number of fused-ring (bicyclic) bond motifs is 2. The average molecular weight is 574 g/mol. The number of aliphatic hydroxyl groups excluding tert-OH is 1. The highest BCUT2D eigenvalue weighted by atomic mass is 32.2. The van der Waals surface area contributed by atoms with E-state index in [-0.39, 0.29) is 29.6 Å². The predicted octanol–water partition coefficient (Wildman–Crippen LogP) is 3.44. The lowest BCUT2D eigenvalue weighted by molar-refractivity contribution is -0.144. The molecule has 0 radical (unpaired) electrons. The molecule has 0 aromatic heterocycles. The van der Waals surface area contributed by atoms with Crippen molar-refractivity contribution in [3.05, 3.63) is 84.5 Å². The standard InChI is InChI=1S/C32H35N3O5S/c1-3-17-33-18-7-11-25-26(29(33)37)27-30(38)35(24(20-36)21-9-5-4-6-10-21)28-31(39)34(19-8-16-32(27,28)41-25)22-12-14-23(40-2)15-13-22/h4-16,24-28,36H,3,17-20H2,1-2H3/t24-,25+,26-,27+,28?,32+/m1/s1. The van der Waals surface area contributed by atoms with E-state index in [9.17, 15) is 19.5 Å². The van der Waals surface area contributed by atoms with Gasteiger partial charge in [0.2, 0.25) is 11.8 Å². The van der Waals surface area contributed by atoms with E-state index in [0.717, 1.165) is 12.0 Å². The Morgan fingerprint density at radius 1 is 1.00 bits per heavy atom. The Morgan fingerprint density at radius 2 is 1.76 bits per heavy atom. The van der Waals surface area contributed by atoms with Gasteiger partial charge < -0.3 is 24.5 Å². The van der Waals surface area contributed by atoms with Gasteiger partial charge in [0.1, 0.15) is 11.8 Å². The highest BCUT2D eigenvalue weighted by Crippen LogP contribution is 2.62. The second kappa shape index (κ2) is 11.0. The van der Waals surface area contributed by atoms with Gasteiger partial charge in [-0.25, -0.2) is 0 Å². The fourth-order valence-corrected chi connectivity index (χ4v) is 8.95. The second-order valence-electron chi connectivity index (χ2n) is 11.0. The van der Waals surface area contributed by atoms with Crippen LogP contribution < -0.4 is 9.64 Å². The maximum atomic E-state index is 14.7. The van der Waals surface area contributed by atoms with Gasteiger partial charge in [-0.05, 0) is 36.2 Å². The molecule has 41 heavy (non-hydrogen) atoms. The number of carbonyl (C=O) groups excluding carboxylic acids is 3. The van der Waals surface area contributed by atoms with E-state index < -0.39 is 28.7 Å². The summed E-state index contributed by atoms with van der Waals surface area (Å²) in [6.45, 7) is 3.15. The Bertz CT molecular complexity index is 1380. The molecule has 2 aromatic rings. The number of methoxy groups -OCH3 is 1. The minimum absolute atomic E-state index is 0.0393. The first kappa shape index (κ1) is 27.6. The number of aliphatic hydroxyl groups is 1. The van der Waals surface area contributed by atoms with Gasteiger partial charge in [0.05, 0.1) is 36.3 Å². The molecule has 1 N–H and O–H groups in total. The highest BCUT2D eigenvalue weighted by Gasteiger charge is 2.71. The monoisotopic (exact) mass is 573 g/mol. The van der Waals surface area contributed by atoms with E-state index in [1.165, 1.54) is 0 Å². The van der Waals surface area contributed by atoms with Gasteiger partial charge in [-0.1, -0.05) is 61.6 Å². The quantitative estimate of drug-likeness (QED) is 0.511.